The molecule has 4 nitrogen and oxygen atoms in total. The van der Waals surface area contributed by atoms with Crippen LogP contribution < -0.4 is 0 Å². The monoisotopic (exact) mass is 230 g/mol. The van der Waals surface area contributed by atoms with E-state index in [0.29, 0.717) is 5.56 Å². The molecule has 1 N–H and O–H groups in total. The summed E-state index contributed by atoms with van der Waals surface area (Å²) >= 11 is 0. The second kappa shape index (κ2) is 4.25. The van der Waals surface area contributed by atoms with Crippen LogP contribution in [0.3, 0.4) is 0 Å². The van der Waals surface area contributed by atoms with Crippen molar-refractivity contribution in [3.05, 3.63) is 59.0 Å². The van der Waals surface area contributed by atoms with Crippen LogP contribution in [0.25, 0.3) is 0 Å². The summed E-state index contributed by atoms with van der Waals surface area (Å²) in [6.07, 6.45) is 1.16. The highest BCUT2D eigenvalue weighted by Gasteiger charge is 2.15. The van der Waals surface area contributed by atoms with E-state index in [1.54, 1.807) is 18.2 Å². The maximum atomic E-state index is 12.0. The Labute approximate surface area is 97.5 Å². The number of benzene rings is 1. The normalized spacial score (nSPS) is 10.2. The highest BCUT2D eigenvalue weighted by molar-refractivity contribution is 6.09. The van der Waals surface area contributed by atoms with Crippen LogP contribution in [-0.2, 0) is 0 Å². The number of carboxylic acids is 1. The van der Waals surface area contributed by atoms with Gasteiger partial charge in [-0.05, 0) is 13.0 Å². The summed E-state index contributed by atoms with van der Waals surface area (Å²) in [5.41, 5.74) is 1.73. The lowest BCUT2D eigenvalue weighted by Gasteiger charge is -1.98. The van der Waals surface area contributed by atoms with E-state index in [9.17, 15) is 9.59 Å². The molecule has 0 spiro atoms. The first-order valence-corrected chi connectivity index (χ1v) is 5.01. The zero-order valence-corrected chi connectivity index (χ0v) is 9.14. The third-order valence-electron chi connectivity index (χ3n) is 2.35. The Morgan fingerprint density at radius 3 is 2.53 bits per heavy atom. The van der Waals surface area contributed by atoms with Gasteiger partial charge in [-0.3, -0.25) is 4.79 Å². The predicted molar refractivity (Wildman–Crippen MR) is 60.3 cm³/mol. The third kappa shape index (κ3) is 2.25. The minimum atomic E-state index is -1.19. The number of ketones is 1. The Balaban J connectivity index is 2.34. The molecule has 0 atom stereocenters. The van der Waals surface area contributed by atoms with Crippen LogP contribution in [0, 0.1) is 6.92 Å². The molecule has 17 heavy (non-hydrogen) atoms. The van der Waals surface area contributed by atoms with Crippen molar-refractivity contribution < 1.29 is 19.1 Å². The summed E-state index contributed by atoms with van der Waals surface area (Å²) in [5, 5.41) is 8.69. The largest absolute Gasteiger partial charge is 0.475 e. The van der Waals surface area contributed by atoms with Crippen LogP contribution in [0.4, 0.5) is 0 Å². The van der Waals surface area contributed by atoms with Gasteiger partial charge in [0.05, 0.1) is 5.56 Å². The van der Waals surface area contributed by atoms with E-state index in [-0.39, 0.29) is 17.1 Å². The van der Waals surface area contributed by atoms with Gasteiger partial charge in [-0.2, -0.15) is 0 Å². The molecule has 0 aliphatic rings. The van der Waals surface area contributed by atoms with Crippen molar-refractivity contribution >= 4 is 11.8 Å². The fraction of sp³-hybridized carbons (Fsp3) is 0.0769. The molecule has 0 saturated carbocycles. The molecule has 2 aromatic rings. The second-order valence-corrected chi connectivity index (χ2v) is 3.70. The van der Waals surface area contributed by atoms with Gasteiger partial charge in [0.15, 0.2) is 5.78 Å². The Kier molecular flexibility index (Phi) is 2.78. The van der Waals surface area contributed by atoms with E-state index >= 15 is 0 Å². The van der Waals surface area contributed by atoms with Gasteiger partial charge in [0.25, 0.3) is 0 Å². The molecule has 0 saturated heterocycles. The van der Waals surface area contributed by atoms with E-state index in [4.69, 9.17) is 9.52 Å². The standard InChI is InChI=1S/C13H10O4/c1-8-3-2-4-9(5-8)12(14)10-6-11(13(15)16)17-7-10/h2-7H,1H3,(H,15,16). The number of furan rings is 1. The number of rotatable bonds is 3. The maximum absolute atomic E-state index is 12.0. The Morgan fingerprint density at radius 2 is 1.94 bits per heavy atom. The van der Waals surface area contributed by atoms with Gasteiger partial charge in [-0.25, -0.2) is 4.79 Å². The molecule has 1 aromatic heterocycles. The summed E-state index contributed by atoms with van der Waals surface area (Å²) in [6.45, 7) is 1.88. The Bertz CT molecular complexity index is 581. The Morgan fingerprint density at radius 1 is 1.18 bits per heavy atom. The number of carbonyl (C=O) groups is 2. The van der Waals surface area contributed by atoms with Gasteiger partial charge < -0.3 is 9.52 Å². The summed E-state index contributed by atoms with van der Waals surface area (Å²) in [6, 6.07) is 8.32. The molecule has 4 heteroatoms. The van der Waals surface area contributed by atoms with Crippen LogP contribution in [0.1, 0.15) is 32.0 Å². The smallest absolute Gasteiger partial charge is 0.371 e. The molecule has 0 bridgehead atoms. The van der Waals surface area contributed by atoms with Crippen molar-refractivity contribution in [2.24, 2.45) is 0 Å². The van der Waals surface area contributed by atoms with Gasteiger partial charge >= 0.3 is 5.97 Å². The fourth-order valence-corrected chi connectivity index (χ4v) is 1.52. The quantitative estimate of drug-likeness (QED) is 0.822. The first-order chi connectivity index (χ1) is 8.08. The highest BCUT2D eigenvalue weighted by atomic mass is 16.4. The molecule has 0 fully saturated rings. The lowest BCUT2D eigenvalue weighted by molar-refractivity contribution is 0.0662. The van der Waals surface area contributed by atoms with Crippen LogP contribution >= 0.6 is 0 Å². The van der Waals surface area contributed by atoms with Crippen LogP contribution in [0.15, 0.2) is 41.0 Å². The summed E-state index contributed by atoms with van der Waals surface area (Å²) in [5.74, 6) is -1.67. The van der Waals surface area contributed by atoms with Crippen molar-refractivity contribution in [2.45, 2.75) is 6.92 Å². The third-order valence-corrected chi connectivity index (χ3v) is 2.35. The predicted octanol–water partition coefficient (Wildman–Crippen LogP) is 2.52. The zero-order valence-electron chi connectivity index (χ0n) is 9.14. The molecular formula is C13H10O4. The molecule has 0 amide bonds. The molecule has 2 rings (SSSR count). The minimum absolute atomic E-state index is 0.235. The van der Waals surface area contributed by atoms with Crippen molar-refractivity contribution in [3.8, 4) is 0 Å². The summed E-state index contributed by atoms with van der Waals surface area (Å²) in [7, 11) is 0. The van der Waals surface area contributed by atoms with Gasteiger partial charge in [-0.1, -0.05) is 23.8 Å². The van der Waals surface area contributed by atoms with Crippen LogP contribution in [0.5, 0.6) is 0 Å². The number of carboxylic acid groups (broad SMARTS) is 1. The molecule has 0 unspecified atom stereocenters. The molecule has 86 valence electrons. The molecule has 0 aliphatic heterocycles. The molecule has 1 aromatic carbocycles. The van der Waals surface area contributed by atoms with Crippen molar-refractivity contribution in [1.29, 1.82) is 0 Å². The number of aromatic carboxylic acids is 1. The van der Waals surface area contributed by atoms with Gasteiger partial charge in [0, 0.05) is 11.6 Å². The molecule has 0 radical (unpaired) electrons. The Hall–Kier alpha value is -2.36. The lowest BCUT2D eigenvalue weighted by atomic mass is 10.0. The summed E-state index contributed by atoms with van der Waals surface area (Å²) in [4.78, 5) is 22.6. The van der Waals surface area contributed by atoms with E-state index < -0.39 is 5.97 Å². The van der Waals surface area contributed by atoms with E-state index in [0.717, 1.165) is 11.8 Å². The SMILES string of the molecule is Cc1cccc(C(=O)c2coc(C(=O)O)c2)c1. The van der Waals surface area contributed by atoms with Gasteiger partial charge in [0.1, 0.15) is 6.26 Å². The number of aryl methyl sites for hydroxylation is 1. The van der Waals surface area contributed by atoms with Crippen molar-refractivity contribution in [2.75, 3.05) is 0 Å². The zero-order chi connectivity index (χ0) is 12.4. The van der Waals surface area contributed by atoms with E-state index in [2.05, 4.69) is 0 Å². The molecular weight excluding hydrogens is 220 g/mol. The summed E-state index contributed by atoms with van der Waals surface area (Å²) < 4.78 is 4.78. The molecule has 0 aliphatic carbocycles. The fourth-order valence-electron chi connectivity index (χ4n) is 1.52. The minimum Gasteiger partial charge on any atom is -0.475 e. The average molecular weight is 230 g/mol. The number of hydrogen-bond acceptors (Lipinski definition) is 3. The molecule has 1 heterocycles. The van der Waals surface area contributed by atoms with E-state index in [1.165, 1.54) is 6.07 Å². The lowest BCUT2D eigenvalue weighted by Crippen LogP contribution is -2.00. The maximum Gasteiger partial charge on any atom is 0.371 e. The average Bonchev–Trinajstić information content (AvgIpc) is 2.77. The van der Waals surface area contributed by atoms with Gasteiger partial charge in [0.2, 0.25) is 5.76 Å². The van der Waals surface area contributed by atoms with Crippen LogP contribution in [0.2, 0.25) is 0 Å². The second-order valence-electron chi connectivity index (χ2n) is 3.70. The topological polar surface area (TPSA) is 67.5 Å². The highest BCUT2D eigenvalue weighted by Crippen LogP contribution is 2.14. The number of hydrogen-bond donors (Lipinski definition) is 1. The van der Waals surface area contributed by atoms with E-state index in [1.807, 2.05) is 13.0 Å². The van der Waals surface area contributed by atoms with Crippen LogP contribution in [-0.4, -0.2) is 16.9 Å². The number of carbonyl (C=O) groups excluding carboxylic acids is 1. The van der Waals surface area contributed by atoms with Crippen molar-refractivity contribution in [3.63, 3.8) is 0 Å². The van der Waals surface area contributed by atoms with Gasteiger partial charge in [-0.15, -0.1) is 0 Å². The van der Waals surface area contributed by atoms with Crippen molar-refractivity contribution in [1.82, 2.24) is 0 Å². The first kappa shape index (κ1) is 11.1. The first-order valence-electron chi connectivity index (χ1n) is 5.01.